The summed E-state index contributed by atoms with van der Waals surface area (Å²) in [7, 11) is 0. The molecular formula is C28H29F4N3O5. The maximum Gasteiger partial charge on any atom is 0.418 e. The van der Waals surface area contributed by atoms with Crippen molar-refractivity contribution < 1.29 is 42.2 Å². The zero-order chi connectivity index (χ0) is 29.4. The molecular weight excluding hydrogens is 534 g/mol. The van der Waals surface area contributed by atoms with Crippen LogP contribution in [0.4, 0.5) is 17.6 Å². The van der Waals surface area contributed by atoms with Crippen molar-refractivity contribution >= 4 is 28.7 Å². The monoisotopic (exact) mass is 563 g/mol. The van der Waals surface area contributed by atoms with Gasteiger partial charge < -0.3 is 25.8 Å². The summed E-state index contributed by atoms with van der Waals surface area (Å²) in [5.41, 5.74) is -2.38. The minimum Gasteiger partial charge on any atom is -0.479 e. The predicted molar refractivity (Wildman–Crippen MR) is 137 cm³/mol. The first-order valence-corrected chi connectivity index (χ1v) is 12.8. The van der Waals surface area contributed by atoms with Crippen molar-refractivity contribution in [2.75, 3.05) is 0 Å². The van der Waals surface area contributed by atoms with Crippen LogP contribution in [0.3, 0.4) is 0 Å². The third-order valence-electron chi connectivity index (χ3n) is 7.63. The Bertz CT molecular complexity index is 1450. The number of aromatic amines is 1. The van der Waals surface area contributed by atoms with E-state index >= 15 is 0 Å². The summed E-state index contributed by atoms with van der Waals surface area (Å²) in [5, 5.41) is 25.8. The highest BCUT2D eigenvalue weighted by molar-refractivity contribution is 5.95. The van der Waals surface area contributed by atoms with Gasteiger partial charge in [0.2, 0.25) is 5.91 Å². The number of benzene rings is 2. The number of aryl methyl sites for hydroxylation is 1. The number of fused-ring (bicyclic) bond motifs is 3. The van der Waals surface area contributed by atoms with Gasteiger partial charge in [-0.1, -0.05) is 50.6 Å². The maximum atomic E-state index is 14.1. The van der Waals surface area contributed by atoms with Gasteiger partial charge in [0, 0.05) is 23.1 Å². The molecule has 0 bridgehead atoms. The van der Waals surface area contributed by atoms with E-state index in [-0.39, 0.29) is 35.7 Å². The SMILES string of the molecule is CCC(C)C(NC(=O)[C@@H](O)c1ccccc1F)C(=O)N[C@]1(C(=O)O)CCc2[nH]c3c(C(F)(F)F)cccc3c2C1. The molecule has 0 radical (unpaired) electrons. The lowest BCUT2D eigenvalue weighted by Gasteiger charge is -2.36. The van der Waals surface area contributed by atoms with Gasteiger partial charge >= 0.3 is 12.1 Å². The maximum absolute atomic E-state index is 14.1. The number of hydrogen-bond donors (Lipinski definition) is 5. The Morgan fingerprint density at radius 3 is 2.42 bits per heavy atom. The molecule has 1 aromatic heterocycles. The summed E-state index contributed by atoms with van der Waals surface area (Å²) in [6, 6.07) is 7.48. The molecule has 0 fully saturated rings. The highest BCUT2D eigenvalue weighted by Crippen LogP contribution is 2.40. The van der Waals surface area contributed by atoms with Crippen molar-refractivity contribution in [3.63, 3.8) is 0 Å². The second-order valence-electron chi connectivity index (χ2n) is 10.2. The van der Waals surface area contributed by atoms with E-state index in [4.69, 9.17) is 0 Å². The van der Waals surface area contributed by atoms with E-state index in [1.807, 2.05) is 0 Å². The number of nitrogens with one attached hydrogen (secondary N) is 3. The first-order valence-electron chi connectivity index (χ1n) is 12.8. The summed E-state index contributed by atoms with van der Waals surface area (Å²) >= 11 is 0. The first-order chi connectivity index (χ1) is 18.8. The van der Waals surface area contributed by atoms with Crippen LogP contribution in [0.2, 0.25) is 0 Å². The molecule has 1 aliphatic rings. The molecule has 1 heterocycles. The van der Waals surface area contributed by atoms with Gasteiger partial charge in [-0.3, -0.25) is 9.59 Å². The zero-order valence-corrected chi connectivity index (χ0v) is 21.7. The fourth-order valence-corrected chi connectivity index (χ4v) is 5.14. The normalized spacial score (nSPS) is 19.4. The number of carboxylic acids is 1. The minimum absolute atomic E-state index is 0.0558. The van der Waals surface area contributed by atoms with E-state index in [0.717, 1.165) is 12.1 Å². The van der Waals surface area contributed by atoms with Gasteiger partial charge in [0.05, 0.1) is 11.1 Å². The van der Waals surface area contributed by atoms with Crippen LogP contribution >= 0.6 is 0 Å². The molecule has 0 spiro atoms. The van der Waals surface area contributed by atoms with Crippen molar-refractivity contribution in [3.8, 4) is 0 Å². The summed E-state index contributed by atoms with van der Waals surface area (Å²) < 4.78 is 54.9. The van der Waals surface area contributed by atoms with Crippen LogP contribution in [-0.2, 0) is 33.4 Å². The van der Waals surface area contributed by atoms with Gasteiger partial charge in [0.25, 0.3) is 5.91 Å². The lowest BCUT2D eigenvalue weighted by Crippen LogP contribution is -2.62. The number of para-hydroxylation sites is 1. The molecule has 2 amide bonds. The molecule has 2 aromatic carbocycles. The molecule has 0 saturated heterocycles. The average Bonchev–Trinajstić information content (AvgIpc) is 3.28. The van der Waals surface area contributed by atoms with Crippen molar-refractivity contribution in [2.45, 2.75) is 63.4 Å². The number of hydrogen-bond acceptors (Lipinski definition) is 4. The molecule has 0 saturated carbocycles. The zero-order valence-electron chi connectivity index (χ0n) is 21.7. The highest BCUT2D eigenvalue weighted by Gasteiger charge is 2.46. The molecule has 8 nitrogen and oxygen atoms in total. The molecule has 4 atom stereocenters. The fourth-order valence-electron chi connectivity index (χ4n) is 5.14. The minimum atomic E-state index is -4.62. The van der Waals surface area contributed by atoms with Crippen molar-refractivity contribution in [1.29, 1.82) is 0 Å². The average molecular weight is 564 g/mol. The molecule has 5 N–H and O–H groups in total. The van der Waals surface area contributed by atoms with Crippen LogP contribution in [0.5, 0.6) is 0 Å². The Kier molecular flexibility index (Phi) is 7.93. The van der Waals surface area contributed by atoms with Gasteiger partial charge in [0.1, 0.15) is 17.4 Å². The van der Waals surface area contributed by atoms with Gasteiger partial charge in [-0.15, -0.1) is 0 Å². The van der Waals surface area contributed by atoms with E-state index in [9.17, 15) is 42.2 Å². The number of aliphatic carboxylic acids is 1. The predicted octanol–water partition coefficient (Wildman–Crippen LogP) is 4.02. The second kappa shape index (κ2) is 10.9. The van der Waals surface area contributed by atoms with Crippen LogP contribution < -0.4 is 10.6 Å². The number of halogens is 4. The number of carboxylic acid groups (broad SMARTS) is 1. The molecule has 2 unspecified atom stereocenters. The Morgan fingerprint density at radius 2 is 1.80 bits per heavy atom. The summed E-state index contributed by atoms with van der Waals surface area (Å²) in [6.45, 7) is 3.39. The largest absolute Gasteiger partial charge is 0.479 e. The molecule has 40 heavy (non-hydrogen) atoms. The van der Waals surface area contributed by atoms with E-state index in [1.54, 1.807) is 13.8 Å². The highest BCUT2D eigenvalue weighted by atomic mass is 19.4. The number of carbonyl (C=O) groups is 3. The Morgan fingerprint density at radius 1 is 1.10 bits per heavy atom. The Balaban J connectivity index is 1.62. The number of rotatable bonds is 8. The van der Waals surface area contributed by atoms with E-state index in [1.165, 1.54) is 30.3 Å². The molecule has 1 aliphatic carbocycles. The number of alkyl halides is 3. The van der Waals surface area contributed by atoms with Gasteiger partial charge in [-0.2, -0.15) is 13.2 Å². The van der Waals surface area contributed by atoms with Crippen LogP contribution in [0, 0.1) is 11.7 Å². The summed E-state index contributed by atoms with van der Waals surface area (Å²) in [6.07, 6.45) is -6.50. The number of amides is 2. The van der Waals surface area contributed by atoms with Crippen LogP contribution in [0.1, 0.15) is 55.2 Å². The topological polar surface area (TPSA) is 132 Å². The quantitative estimate of drug-likeness (QED) is 0.264. The van der Waals surface area contributed by atoms with Gasteiger partial charge in [0.15, 0.2) is 6.10 Å². The molecule has 12 heteroatoms. The second-order valence-corrected chi connectivity index (χ2v) is 10.2. The summed E-state index contributed by atoms with van der Waals surface area (Å²) in [4.78, 5) is 41.6. The molecule has 214 valence electrons. The van der Waals surface area contributed by atoms with Crippen molar-refractivity contribution in [3.05, 3.63) is 70.7 Å². The van der Waals surface area contributed by atoms with Crippen LogP contribution in [0.25, 0.3) is 10.9 Å². The standard InChI is InChI=1S/C28H29F4N3O5/c1-3-14(2)21(34-25(38)23(36)16-7-4-5-10-19(16)29)24(37)35-27(26(39)40)12-11-20-17(13-27)15-8-6-9-18(22(15)33-20)28(30,31)32/h4-10,14,21,23,33,36H,3,11-13H2,1-2H3,(H,34,38)(H,35,37)(H,39,40)/t14?,21?,23-,27+/m0/s1. The Hall–Kier alpha value is -3.93. The summed E-state index contributed by atoms with van der Waals surface area (Å²) in [5.74, 6) is -4.59. The number of H-pyrrole nitrogens is 1. The lowest BCUT2D eigenvalue weighted by molar-refractivity contribution is -0.149. The lowest BCUT2D eigenvalue weighted by atomic mass is 9.79. The molecule has 3 aromatic rings. The van der Waals surface area contributed by atoms with E-state index in [0.29, 0.717) is 17.7 Å². The Labute approximate surface area is 226 Å². The molecule has 0 aliphatic heterocycles. The number of aliphatic hydroxyl groups is 1. The van der Waals surface area contributed by atoms with Crippen LogP contribution in [0.15, 0.2) is 42.5 Å². The number of carbonyl (C=O) groups excluding carboxylic acids is 2. The van der Waals surface area contributed by atoms with Crippen molar-refractivity contribution in [1.82, 2.24) is 15.6 Å². The van der Waals surface area contributed by atoms with Gasteiger partial charge in [-0.25, -0.2) is 9.18 Å². The van der Waals surface area contributed by atoms with Crippen molar-refractivity contribution in [2.24, 2.45) is 5.92 Å². The molecule has 4 rings (SSSR count). The van der Waals surface area contributed by atoms with E-state index < -0.39 is 58.9 Å². The van der Waals surface area contributed by atoms with E-state index in [2.05, 4.69) is 15.6 Å². The van der Waals surface area contributed by atoms with Crippen LogP contribution in [-0.4, -0.2) is 44.6 Å². The third kappa shape index (κ3) is 5.40. The number of aliphatic hydroxyl groups excluding tert-OH is 1. The fraction of sp³-hybridized carbons (Fsp3) is 0.393. The first kappa shape index (κ1) is 29.1. The van der Waals surface area contributed by atoms with Gasteiger partial charge in [-0.05, 0) is 36.5 Å². The smallest absolute Gasteiger partial charge is 0.418 e. The number of aromatic nitrogens is 1. The third-order valence-corrected chi connectivity index (χ3v) is 7.63.